The molecular formula is C24H26F2N6O. The Balaban J connectivity index is 1.13. The van der Waals surface area contributed by atoms with Gasteiger partial charge in [0.15, 0.2) is 5.65 Å². The molecule has 33 heavy (non-hydrogen) atoms. The topological polar surface area (TPSA) is 86.8 Å². The summed E-state index contributed by atoms with van der Waals surface area (Å²) in [5.41, 5.74) is 1.87. The van der Waals surface area contributed by atoms with E-state index in [0.717, 1.165) is 42.7 Å². The molecule has 1 aromatic carbocycles. The first-order valence-corrected chi connectivity index (χ1v) is 11.7. The second kappa shape index (κ2) is 7.46. The zero-order valence-electron chi connectivity index (χ0n) is 18.2. The van der Waals surface area contributed by atoms with Crippen LogP contribution in [0.25, 0.3) is 11.0 Å². The quantitative estimate of drug-likeness (QED) is 0.582. The SMILES string of the molecule is O=C(CC12CCCCC1C2(F)F)NCCC1CN(c2ncnc3[nH]ncc23)c2ccccc21. The molecule has 3 atom stereocenters. The molecule has 9 heteroatoms. The largest absolute Gasteiger partial charge is 0.356 e. The van der Waals surface area contributed by atoms with Gasteiger partial charge in [-0.25, -0.2) is 18.7 Å². The predicted molar refractivity (Wildman–Crippen MR) is 119 cm³/mol. The minimum atomic E-state index is -2.68. The van der Waals surface area contributed by atoms with E-state index in [1.807, 2.05) is 12.1 Å². The first kappa shape index (κ1) is 20.5. The number of hydrogen-bond acceptors (Lipinski definition) is 5. The molecule has 6 rings (SSSR count). The van der Waals surface area contributed by atoms with Crippen molar-refractivity contribution in [3.8, 4) is 0 Å². The fourth-order valence-corrected chi connectivity index (χ4v) is 6.15. The monoisotopic (exact) mass is 452 g/mol. The molecule has 3 aromatic rings. The lowest BCUT2D eigenvalue weighted by atomic mass is 9.85. The number of carbonyl (C=O) groups is 1. The lowest BCUT2D eigenvalue weighted by molar-refractivity contribution is -0.123. The number of benzene rings is 1. The third kappa shape index (κ3) is 3.12. The van der Waals surface area contributed by atoms with Crippen molar-refractivity contribution in [2.75, 3.05) is 18.0 Å². The van der Waals surface area contributed by atoms with E-state index in [1.54, 1.807) is 6.20 Å². The van der Waals surface area contributed by atoms with Crippen LogP contribution >= 0.6 is 0 Å². The summed E-state index contributed by atoms with van der Waals surface area (Å²) >= 11 is 0. The standard InChI is InChI=1S/C24H26F2N6O/c25-24(26)19-7-3-4-9-23(19,24)11-20(33)27-10-8-15-13-32(18-6-2-1-5-16(15)18)22-17-12-30-31-21(17)28-14-29-22/h1-2,5-6,12,14-15,19H,3-4,7-11,13H2,(H,27,33)(H,28,29,30,31). The molecule has 3 aliphatic rings. The highest BCUT2D eigenvalue weighted by atomic mass is 19.3. The maximum absolute atomic E-state index is 14.3. The highest BCUT2D eigenvalue weighted by Crippen LogP contribution is 2.73. The predicted octanol–water partition coefficient (Wildman–Crippen LogP) is 4.31. The molecule has 0 bridgehead atoms. The Hall–Kier alpha value is -3.10. The van der Waals surface area contributed by atoms with E-state index in [9.17, 15) is 13.6 Å². The summed E-state index contributed by atoms with van der Waals surface area (Å²) in [5.74, 6) is -2.54. The van der Waals surface area contributed by atoms with Gasteiger partial charge in [-0.1, -0.05) is 31.0 Å². The number of halogens is 2. The summed E-state index contributed by atoms with van der Waals surface area (Å²) in [5, 5.41) is 10.8. The number of aromatic nitrogens is 4. The van der Waals surface area contributed by atoms with Crippen molar-refractivity contribution in [1.82, 2.24) is 25.5 Å². The van der Waals surface area contributed by atoms with Gasteiger partial charge in [0.1, 0.15) is 12.1 Å². The Kier molecular flexibility index (Phi) is 4.64. The van der Waals surface area contributed by atoms with Crippen molar-refractivity contribution in [3.63, 3.8) is 0 Å². The molecule has 7 nitrogen and oxygen atoms in total. The smallest absolute Gasteiger partial charge is 0.258 e. The van der Waals surface area contributed by atoms with Crippen molar-refractivity contribution in [2.24, 2.45) is 11.3 Å². The minimum absolute atomic E-state index is 0.0581. The van der Waals surface area contributed by atoms with Crippen LogP contribution < -0.4 is 10.2 Å². The average molecular weight is 453 g/mol. The fraction of sp³-hybridized carbons (Fsp3) is 0.500. The molecule has 2 aliphatic carbocycles. The van der Waals surface area contributed by atoms with Crippen molar-refractivity contribution in [1.29, 1.82) is 0 Å². The van der Waals surface area contributed by atoms with Gasteiger partial charge in [0.05, 0.1) is 17.0 Å². The van der Waals surface area contributed by atoms with Crippen LogP contribution in [0.1, 0.15) is 50.0 Å². The molecular weight excluding hydrogens is 426 g/mol. The first-order chi connectivity index (χ1) is 16.0. The maximum Gasteiger partial charge on any atom is 0.258 e. The Labute approximate surface area is 190 Å². The van der Waals surface area contributed by atoms with Crippen LogP contribution in [0.3, 0.4) is 0 Å². The number of amides is 1. The number of nitrogens with one attached hydrogen (secondary N) is 2. The van der Waals surface area contributed by atoms with Crippen LogP contribution in [-0.2, 0) is 4.79 Å². The first-order valence-electron chi connectivity index (χ1n) is 11.7. The Bertz CT molecular complexity index is 1210. The van der Waals surface area contributed by atoms with Crippen molar-refractivity contribution in [2.45, 2.75) is 50.4 Å². The van der Waals surface area contributed by atoms with E-state index in [0.29, 0.717) is 25.0 Å². The highest BCUT2D eigenvalue weighted by molar-refractivity contribution is 5.90. The van der Waals surface area contributed by atoms with E-state index in [2.05, 4.69) is 42.5 Å². The van der Waals surface area contributed by atoms with Crippen LogP contribution in [-0.4, -0.2) is 45.1 Å². The molecule has 0 radical (unpaired) electrons. The molecule has 2 aromatic heterocycles. The average Bonchev–Trinajstić information content (AvgIpc) is 3.21. The van der Waals surface area contributed by atoms with Crippen LogP contribution in [0.4, 0.5) is 20.3 Å². The van der Waals surface area contributed by atoms with Crippen LogP contribution in [0.5, 0.6) is 0 Å². The summed E-state index contributed by atoms with van der Waals surface area (Å²) in [6.07, 6.45) is 6.57. The number of nitrogens with zero attached hydrogens (tertiary/aromatic N) is 4. The third-order valence-corrected chi connectivity index (χ3v) is 7.89. The number of para-hydroxylation sites is 1. The summed E-state index contributed by atoms with van der Waals surface area (Å²) < 4.78 is 28.7. The summed E-state index contributed by atoms with van der Waals surface area (Å²) in [4.78, 5) is 23.5. The van der Waals surface area contributed by atoms with Crippen molar-refractivity contribution in [3.05, 3.63) is 42.4 Å². The van der Waals surface area contributed by atoms with Gasteiger partial charge in [-0.3, -0.25) is 9.89 Å². The second-order valence-electron chi connectivity index (χ2n) is 9.59. The maximum atomic E-state index is 14.3. The van der Waals surface area contributed by atoms with Gasteiger partial charge in [-0.2, -0.15) is 5.10 Å². The number of carbonyl (C=O) groups excluding carboxylic acids is 1. The van der Waals surface area contributed by atoms with E-state index in [1.165, 1.54) is 11.9 Å². The molecule has 2 saturated carbocycles. The van der Waals surface area contributed by atoms with Gasteiger partial charge < -0.3 is 10.2 Å². The number of alkyl halides is 2. The number of H-pyrrole nitrogens is 1. The number of aromatic amines is 1. The zero-order chi connectivity index (χ0) is 22.6. The normalized spacial score (nSPS) is 27.3. The Morgan fingerprint density at radius 2 is 2.12 bits per heavy atom. The van der Waals surface area contributed by atoms with Crippen LogP contribution in [0.2, 0.25) is 0 Å². The van der Waals surface area contributed by atoms with Crippen LogP contribution in [0.15, 0.2) is 36.8 Å². The van der Waals surface area contributed by atoms with Gasteiger partial charge in [-0.05, 0) is 30.9 Å². The third-order valence-electron chi connectivity index (χ3n) is 7.89. The lowest BCUT2D eigenvalue weighted by Gasteiger charge is -2.20. The summed E-state index contributed by atoms with van der Waals surface area (Å²) in [6.45, 7) is 1.18. The Morgan fingerprint density at radius 1 is 1.24 bits per heavy atom. The minimum Gasteiger partial charge on any atom is -0.356 e. The molecule has 1 amide bonds. The number of hydrogen-bond donors (Lipinski definition) is 2. The molecule has 2 fully saturated rings. The molecule has 172 valence electrons. The zero-order valence-corrected chi connectivity index (χ0v) is 18.2. The number of anilines is 2. The molecule has 2 N–H and O–H groups in total. The van der Waals surface area contributed by atoms with Gasteiger partial charge in [0, 0.05) is 37.0 Å². The van der Waals surface area contributed by atoms with Crippen molar-refractivity contribution < 1.29 is 13.6 Å². The van der Waals surface area contributed by atoms with E-state index in [4.69, 9.17) is 0 Å². The van der Waals surface area contributed by atoms with Crippen molar-refractivity contribution >= 4 is 28.4 Å². The lowest BCUT2D eigenvalue weighted by Crippen LogP contribution is -2.30. The highest BCUT2D eigenvalue weighted by Gasteiger charge is 2.80. The summed E-state index contributed by atoms with van der Waals surface area (Å²) in [7, 11) is 0. The Morgan fingerprint density at radius 3 is 3.00 bits per heavy atom. The van der Waals surface area contributed by atoms with E-state index in [-0.39, 0.29) is 18.2 Å². The van der Waals surface area contributed by atoms with Crippen LogP contribution in [0, 0.1) is 11.3 Å². The molecule has 3 unspecified atom stereocenters. The van der Waals surface area contributed by atoms with Gasteiger partial charge in [0.2, 0.25) is 5.91 Å². The number of fused-ring (bicyclic) bond motifs is 3. The molecule has 1 aliphatic heterocycles. The molecule has 0 saturated heterocycles. The van der Waals surface area contributed by atoms with E-state index < -0.39 is 17.3 Å². The van der Waals surface area contributed by atoms with E-state index >= 15 is 0 Å². The van der Waals surface area contributed by atoms with Gasteiger partial charge in [0.25, 0.3) is 5.92 Å². The van der Waals surface area contributed by atoms with Gasteiger partial charge in [-0.15, -0.1) is 0 Å². The molecule has 0 spiro atoms. The molecule has 3 heterocycles. The van der Waals surface area contributed by atoms with Gasteiger partial charge >= 0.3 is 0 Å². The second-order valence-corrected chi connectivity index (χ2v) is 9.59. The fourth-order valence-electron chi connectivity index (χ4n) is 6.15. The summed E-state index contributed by atoms with van der Waals surface area (Å²) in [6, 6.07) is 8.18. The number of rotatable bonds is 6.